The third-order valence-electron chi connectivity index (χ3n) is 5.99. The first kappa shape index (κ1) is 22.6. The maximum atomic E-state index is 13.3. The largest absolute Gasteiger partial charge is 0.454 e. The van der Waals surface area contributed by atoms with Gasteiger partial charge in [-0.25, -0.2) is 9.37 Å². The van der Waals surface area contributed by atoms with E-state index < -0.39 is 12.6 Å². The van der Waals surface area contributed by atoms with Gasteiger partial charge in [-0.05, 0) is 42.7 Å². The third kappa shape index (κ3) is 5.63. The van der Waals surface area contributed by atoms with Crippen LogP contribution in [0.3, 0.4) is 0 Å². The Morgan fingerprint density at radius 2 is 1.79 bits per heavy atom. The fourth-order valence-corrected chi connectivity index (χ4v) is 4.23. The molecule has 1 aliphatic carbocycles. The van der Waals surface area contributed by atoms with Crippen LogP contribution in [0.2, 0.25) is 0 Å². The summed E-state index contributed by atoms with van der Waals surface area (Å²) in [4.78, 5) is 43.9. The van der Waals surface area contributed by atoms with E-state index in [1.165, 1.54) is 23.0 Å². The molecule has 1 heterocycles. The quantitative estimate of drug-likeness (QED) is 0.514. The molecule has 0 atom stereocenters. The predicted octanol–water partition coefficient (Wildman–Crippen LogP) is 3.44. The number of carbonyl (C=O) groups excluding carboxylic acids is 2. The lowest BCUT2D eigenvalue weighted by atomic mass is 9.93. The van der Waals surface area contributed by atoms with Gasteiger partial charge in [0.2, 0.25) is 0 Å². The zero-order chi connectivity index (χ0) is 23.2. The summed E-state index contributed by atoms with van der Waals surface area (Å²) < 4.78 is 19.7. The number of nitrogens with zero attached hydrogens (tertiary/aromatic N) is 3. The van der Waals surface area contributed by atoms with Crippen molar-refractivity contribution < 1.29 is 18.7 Å². The van der Waals surface area contributed by atoms with E-state index in [2.05, 4.69) is 4.98 Å². The molecule has 3 aromatic rings. The second-order valence-corrected chi connectivity index (χ2v) is 8.30. The van der Waals surface area contributed by atoms with E-state index in [1.54, 1.807) is 41.3 Å². The van der Waals surface area contributed by atoms with E-state index in [9.17, 15) is 18.8 Å². The van der Waals surface area contributed by atoms with Crippen molar-refractivity contribution in [2.75, 3.05) is 6.61 Å². The molecular formula is C25H26FN3O4. The zero-order valence-electron chi connectivity index (χ0n) is 18.3. The van der Waals surface area contributed by atoms with Crippen molar-refractivity contribution in [3.63, 3.8) is 0 Å². The van der Waals surface area contributed by atoms with E-state index in [-0.39, 0.29) is 29.9 Å². The van der Waals surface area contributed by atoms with Crippen molar-refractivity contribution in [1.29, 1.82) is 0 Å². The summed E-state index contributed by atoms with van der Waals surface area (Å²) in [5, 5.41) is 0.409. The lowest BCUT2D eigenvalue weighted by Crippen LogP contribution is -2.43. The van der Waals surface area contributed by atoms with Gasteiger partial charge in [0.15, 0.2) is 6.61 Å². The maximum Gasteiger partial charge on any atom is 0.326 e. The Balaban J connectivity index is 1.41. The monoisotopic (exact) mass is 451 g/mol. The number of rotatable bonds is 7. The van der Waals surface area contributed by atoms with E-state index >= 15 is 0 Å². The van der Waals surface area contributed by atoms with Crippen molar-refractivity contribution in [3.05, 3.63) is 76.6 Å². The van der Waals surface area contributed by atoms with Crippen LogP contribution in [-0.4, -0.2) is 39.0 Å². The highest BCUT2D eigenvalue weighted by Crippen LogP contribution is 2.24. The minimum Gasteiger partial charge on any atom is -0.454 e. The van der Waals surface area contributed by atoms with Crippen LogP contribution in [0, 0.1) is 5.82 Å². The van der Waals surface area contributed by atoms with Gasteiger partial charge >= 0.3 is 5.97 Å². The Morgan fingerprint density at radius 3 is 2.55 bits per heavy atom. The predicted molar refractivity (Wildman–Crippen MR) is 121 cm³/mol. The first-order chi connectivity index (χ1) is 16.0. The lowest BCUT2D eigenvalue weighted by molar-refractivity contribution is -0.154. The minimum atomic E-state index is -0.687. The fraction of sp³-hybridized carbons (Fsp3) is 0.360. The Kier molecular flexibility index (Phi) is 7.12. The lowest BCUT2D eigenvalue weighted by Gasteiger charge is -2.34. The normalized spacial score (nSPS) is 14.2. The summed E-state index contributed by atoms with van der Waals surface area (Å²) in [6.07, 6.45) is 6.29. The average molecular weight is 451 g/mol. The molecule has 8 heteroatoms. The first-order valence-corrected chi connectivity index (χ1v) is 11.1. The van der Waals surface area contributed by atoms with Crippen molar-refractivity contribution >= 4 is 22.8 Å². The molecule has 0 unspecified atom stereocenters. The van der Waals surface area contributed by atoms with Gasteiger partial charge in [0.25, 0.3) is 11.5 Å². The molecule has 172 valence electrons. The van der Waals surface area contributed by atoms with E-state index in [4.69, 9.17) is 4.74 Å². The number of benzene rings is 2. The number of carbonyl (C=O) groups is 2. The van der Waals surface area contributed by atoms with Gasteiger partial charge in [-0.1, -0.05) is 43.5 Å². The zero-order valence-corrected chi connectivity index (χ0v) is 18.3. The summed E-state index contributed by atoms with van der Waals surface area (Å²) >= 11 is 0. The van der Waals surface area contributed by atoms with E-state index in [0.29, 0.717) is 17.4 Å². The van der Waals surface area contributed by atoms with Crippen LogP contribution in [0.25, 0.3) is 10.9 Å². The smallest absolute Gasteiger partial charge is 0.326 e. The second-order valence-electron chi connectivity index (χ2n) is 8.30. The van der Waals surface area contributed by atoms with Crippen molar-refractivity contribution in [3.8, 4) is 0 Å². The number of ether oxygens (including phenoxy) is 1. The van der Waals surface area contributed by atoms with Crippen molar-refractivity contribution in [2.45, 2.75) is 51.2 Å². The van der Waals surface area contributed by atoms with Crippen LogP contribution in [0.4, 0.5) is 4.39 Å². The van der Waals surface area contributed by atoms with Crippen molar-refractivity contribution in [2.24, 2.45) is 0 Å². The Hall–Kier alpha value is -3.55. The third-order valence-corrected chi connectivity index (χ3v) is 5.99. The van der Waals surface area contributed by atoms with Crippen molar-refractivity contribution in [1.82, 2.24) is 14.5 Å². The molecule has 0 saturated heterocycles. The number of halogens is 1. The molecule has 1 saturated carbocycles. The highest BCUT2D eigenvalue weighted by molar-refractivity contribution is 5.81. The van der Waals surface area contributed by atoms with Gasteiger partial charge < -0.3 is 9.64 Å². The molecule has 1 fully saturated rings. The Labute approximate surface area is 190 Å². The number of aromatic nitrogens is 2. The average Bonchev–Trinajstić information content (AvgIpc) is 2.84. The van der Waals surface area contributed by atoms with Gasteiger partial charge in [0.1, 0.15) is 12.4 Å². The molecule has 1 aromatic heterocycles. The van der Waals surface area contributed by atoms with Crippen LogP contribution in [-0.2, 0) is 27.4 Å². The fourth-order valence-electron chi connectivity index (χ4n) is 4.23. The van der Waals surface area contributed by atoms with Crippen LogP contribution >= 0.6 is 0 Å². The minimum absolute atomic E-state index is 0.0577. The van der Waals surface area contributed by atoms with Gasteiger partial charge in [-0.15, -0.1) is 0 Å². The van der Waals surface area contributed by atoms with Crippen LogP contribution in [0.5, 0.6) is 0 Å². The summed E-state index contributed by atoms with van der Waals surface area (Å²) in [6.45, 7) is -0.410. The molecule has 0 aliphatic heterocycles. The van der Waals surface area contributed by atoms with Crippen LogP contribution < -0.4 is 5.56 Å². The van der Waals surface area contributed by atoms with Gasteiger partial charge in [0.05, 0.1) is 17.2 Å². The SMILES string of the molecule is O=C(Cn1cnc2ccccc2c1=O)OCC(=O)N(Cc1ccc(F)cc1)C1CCCCC1. The van der Waals surface area contributed by atoms with Crippen LogP contribution in [0.1, 0.15) is 37.7 Å². The molecule has 1 amide bonds. The molecule has 0 N–H and O–H groups in total. The summed E-state index contributed by atoms with van der Waals surface area (Å²) in [6, 6.07) is 13.0. The van der Waals surface area contributed by atoms with E-state index in [0.717, 1.165) is 37.7 Å². The first-order valence-electron chi connectivity index (χ1n) is 11.1. The Morgan fingerprint density at radius 1 is 1.06 bits per heavy atom. The topological polar surface area (TPSA) is 81.5 Å². The Bertz CT molecular complexity index is 1190. The molecule has 2 aromatic carbocycles. The second kappa shape index (κ2) is 10.4. The summed E-state index contributed by atoms with van der Waals surface area (Å²) in [5.74, 6) is -1.32. The highest BCUT2D eigenvalue weighted by atomic mass is 19.1. The number of amides is 1. The molecule has 0 radical (unpaired) electrons. The standard InChI is InChI=1S/C25H26FN3O4/c26-19-12-10-18(11-13-19)14-29(20-6-2-1-3-7-20)23(30)16-33-24(31)15-28-17-27-22-9-5-4-8-21(22)25(28)32/h4-5,8-13,17,20H,1-3,6-7,14-16H2. The van der Waals surface area contributed by atoms with Gasteiger partial charge in [-0.3, -0.25) is 19.0 Å². The molecule has 33 heavy (non-hydrogen) atoms. The molecule has 1 aliphatic rings. The number of hydrogen-bond acceptors (Lipinski definition) is 5. The van der Waals surface area contributed by atoms with Crippen LogP contribution in [0.15, 0.2) is 59.7 Å². The highest BCUT2D eigenvalue weighted by Gasteiger charge is 2.26. The summed E-state index contributed by atoms with van der Waals surface area (Å²) in [7, 11) is 0. The molecule has 0 spiro atoms. The number of hydrogen-bond donors (Lipinski definition) is 0. The van der Waals surface area contributed by atoms with Gasteiger partial charge in [-0.2, -0.15) is 0 Å². The molecule has 0 bridgehead atoms. The number of esters is 1. The summed E-state index contributed by atoms with van der Waals surface area (Å²) in [5.41, 5.74) is 1.02. The van der Waals surface area contributed by atoms with Gasteiger partial charge in [0, 0.05) is 12.6 Å². The maximum absolute atomic E-state index is 13.3. The molecule has 4 rings (SSSR count). The number of para-hydroxylation sites is 1. The van der Waals surface area contributed by atoms with E-state index in [1.807, 2.05) is 0 Å². The molecule has 7 nitrogen and oxygen atoms in total. The molecular weight excluding hydrogens is 425 g/mol. The number of fused-ring (bicyclic) bond motifs is 1.